The smallest absolute Gasteiger partial charge is 0.243 e. The summed E-state index contributed by atoms with van der Waals surface area (Å²) in [6.45, 7) is 1.35. The SMILES string of the molecule is CC[C@@H](CO)NS(=O)(=O)c1cc(N)c(Br)cc1F. The summed E-state index contributed by atoms with van der Waals surface area (Å²) in [5.41, 5.74) is 5.65. The van der Waals surface area contributed by atoms with Gasteiger partial charge in [0, 0.05) is 16.2 Å². The summed E-state index contributed by atoms with van der Waals surface area (Å²) >= 11 is 3.00. The molecule has 0 aromatic heterocycles. The normalized spacial score (nSPS) is 13.6. The molecule has 0 fully saturated rings. The second kappa shape index (κ2) is 5.96. The van der Waals surface area contributed by atoms with Crippen molar-refractivity contribution in [2.45, 2.75) is 24.3 Å². The van der Waals surface area contributed by atoms with Gasteiger partial charge in [-0.25, -0.2) is 17.5 Å². The van der Waals surface area contributed by atoms with E-state index in [4.69, 9.17) is 10.8 Å². The Morgan fingerprint density at radius 1 is 1.56 bits per heavy atom. The van der Waals surface area contributed by atoms with Crippen LogP contribution in [0.3, 0.4) is 0 Å². The predicted octanol–water partition coefficient (Wildman–Crippen LogP) is 1.22. The van der Waals surface area contributed by atoms with Crippen molar-refractivity contribution in [1.29, 1.82) is 0 Å². The van der Waals surface area contributed by atoms with Crippen molar-refractivity contribution in [2.75, 3.05) is 12.3 Å². The van der Waals surface area contributed by atoms with Gasteiger partial charge in [-0.05, 0) is 34.5 Å². The minimum atomic E-state index is -4.04. The fourth-order valence-electron chi connectivity index (χ4n) is 1.28. The summed E-state index contributed by atoms with van der Waals surface area (Å²) in [6, 6.07) is 1.37. The molecule has 0 radical (unpaired) electrons. The number of nitrogens with two attached hydrogens (primary N) is 1. The van der Waals surface area contributed by atoms with E-state index in [2.05, 4.69) is 20.7 Å². The van der Waals surface area contributed by atoms with Gasteiger partial charge in [0.25, 0.3) is 0 Å². The van der Waals surface area contributed by atoms with Crippen LogP contribution in [0.2, 0.25) is 0 Å². The van der Waals surface area contributed by atoms with E-state index in [1.54, 1.807) is 6.92 Å². The van der Waals surface area contributed by atoms with E-state index in [1.165, 1.54) is 0 Å². The number of rotatable bonds is 5. The molecule has 0 heterocycles. The second-order valence-electron chi connectivity index (χ2n) is 3.71. The molecule has 1 aromatic rings. The van der Waals surface area contributed by atoms with E-state index < -0.39 is 26.8 Å². The number of anilines is 1. The maximum Gasteiger partial charge on any atom is 0.243 e. The van der Waals surface area contributed by atoms with Crippen LogP contribution in [-0.2, 0) is 10.0 Å². The highest BCUT2D eigenvalue weighted by Gasteiger charge is 2.23. The molecule has 102 valence electrons. The molecule has 5 nitrogen and oxygen atoms in total. The summed E-state index contributed by atoms with van der Waals surface area (Å²) < 4.78 is 39.9. The molecule has 1 rings (SSSR count). The van der Waals surface area contributed by atoms with Gasteiger partial charge in [-0.3, -0.25) is 0 Å². The molecule has 0 bridgehead atoms. The number of hydrogen-bond donors (Lipinski definition) is 3. The van der Waals surface area contributed by atoms with Crippen LogP contribution in [0.1, 0.15) is 13.3 Å². The molecule has 1 atom stereocenters. The summed E-state index contributed by atoms with van der Waals surface area (Å²) in [5, 5.41) is 8.95. The molecule has 0 aliphatic heterocycles. The Morgan fingerprint density at radius 2 is 2.17 bits per heavy atom. The van der Waals surface area contributed by atoms with Crippen molar-refractivity contribution in [3.05, 3.63) is 22.4 Å². The zero-order valence-corrected chi connectivity index (χ0v) is 12.1. The molecule has 8 heteroatoms. The van der Waals surface area contributed by atoms with Crippen LogP contribution >= 0.6 is 15.9 Å². The zero-order chi connectivity index (χ0) is 13.9. The predicted molar refractivity (Wildman–Crippen MR) is 70.0 cm³/mol. The lowest BCUT2D eigenvalue weighted by molar-refractivity contribution is 0.253. The van der Waals surface area contributed by atoms with Gasteiger partial charge in [-0.2, -0.15) is 0 Å². The second-order valence-corrected chi connectivity index (χ2v) is 6.25. The third-order valence-electron chi connectivity index (χ3n) is 2.38. The maximum atomic E-state index is 13.6. The van der Waals surface area contributed by atoms with E-state index in [-0.39, 0.29) is 16.8 Å². The number of aliphatic hydroxyl groups excluding tert-OH is 1. The first-order chi connectivity index (χ1) is 8.31. The molecule has 0 amide bonds. The Bertz CT molecular complexity index is 532. The number of halogens is 2. The van der Waals surface area contributed by atoms with Gasteiger partial charge in [0.1, 0.15) is 10.7 Å². The first-order valence-corrected chi connectivity index (χ1v) is 7.47. The highest BCUT2D eigenvalue weighted by molar-refractivity contribution is 9.10. The molecular formula is C10H14BrFN2O3S. The fourth-order valence-corrected chi connectivity index (χ4v) is 3.00. The van der Waals surface area contributed by atoms with Crippen LogP contribution in [0.4, 0.5) is 10.1 Å². The molecule has 0 saturated carbocycles. The summed E-state index contributed by atoms with van der Waals surface area (Å²) in [6.07, 6.45) is 0.392. The van der Waals surface area contributed by atoms with Gasteiger partial charge in [-0.1, -0.05) is 6.92 Å². The highest BCUT2D eigenvalue weighted by atomic mass is 79.9. The lowest BCUT2D eigenvalue weighted by atomic mass is 10.3. The van der Waals surface area contributed by atoms with Crippen molar-refractivity contribution in [3.63, 3.8) is 0 Å². The van der Waals surface area contributed by atoms with Crippen molar-refractivity contribution in [2.24, 2.45) is 0 Å². The van der Waals surface area contributed by atoms with Gasteiger partial charge in [-0.15, -0.1) is 0 Å². The summed E-state index contributed by atoms with van der Waals surface area (Å²) in [7, 11) is -4.04. The Morgan fingerprint density at radius 3 is 2.67 bits per heavy atom. The summed E-state index contributed by atoms with van der Waals surface area (Å²) in [4.78, 5) is -0.532. The van der Waals surface area contributed by atoms with E-state index >= 15 is 0 Å². The minimum absolute atomic E-state index is 0.119. The number of nitrogens with one attached hydrogen (secondary N) is 1. The Labute approximate surface area is 113 Å². The fraction of sp³-hybridized carbons (Fsp3) is 0.400. The molecule has 18 heavy (non-hydrogen) atoms. The molecule has 0 unspecified atom stereocenters. The molecule has 0 aliphatic carbocycles. The Kier molecular flexibility index (Phi) is 5.09. The van der Waals surface area contributed by atoms with E-state index in [0.29, 0.717) is 6.42 Å². The minimum Gasteiger partial charge on any atom is -0.398 e. The van der Waals surface area contributed by atoms with Crippen molar-refractivity contribution >= 4 is 31.6 Å². The van der Waals surface area contributed by atoms with Gasteiger partial charge in [0.15, 0.2) is 0 Å². The lowest BCUT2D eigenvalue weighted by Crippen LogP contribution is -2.37. The number of benzene rings is 1. The Hall–Kier alpha value is -0.700. The average Bonchev–Trinajstić information content (AvgIpc) is 2.30. The first kappa shape index (κ1) is 15.4. The molecule has 0 aliphatic rings. The quantitative estimate of drug-likeness (QED) is 0.702. The van der Waals surface area contributed by atoms with Gasteiger partial charge in [0.2, 0.25) is 10.0 Å². The van der Waals surface area contributed by atoms with Crippen LogP contribution in [0, 0.1) is 5.82 Å². The highest BCUT2D eigenvalue weighted by Crippen LogP contribution is 2.26. The van der Waals surface area contributed by atoms with E-state index in [1.807, 2.05) is 0 Å². The van der Waals surface area contributed by atoms with Crippen molar-refractivity contribution < 1.29 is 17.9 Å². The number of aliphatic hydroxyl groups is 1. The monoisotopic (exact) mass is 340 g/mol. The largest absolute Gasteiger partial charge is 0.398 e. The topological polar surface area (TPSA) is 92.4 Å². The van der Waals surface area contributed by atoms with Crippen LogP contribution in [0.5, 0.6) is 0 Å². The van der Waals surface area contributed by atoms with Crippen molar-refractivity contribution in [1.82, 2.24) is 4.72 Å². The van der Waals surface area contributed by atoms with Gasteiger partial charge < -0.3 is 10.8 Å². The van der Waals surface area contributed by atoms with E-state index in [9.17, 15) is 12.8 Å². The maximum absolute atomic E-state index is 13.6. The third kappa shape index (κ3) is 3.41. The van der Waals surface area contributed by atoms with Crippen LogP contribution in [0.15, 0.2) is 21.5 Å². The standard InChI is InChI=1S/C10H14BrFN2O3S/c1-2-6(5-15)14-18(16,17)10-4-9(13)7(11)3-8(10)12/h3-4,6,14-15H,2,5,13H2,1H3/t6-/m0/s1. The number of sulfonamides is 1. The molecular weight excluding hydrogens is 327 g/mol. The molecule has 4 N–H and O–H groups in total. The van der Waals surface area contributed by atoms with Gasteiger partial charge >= 0.3 is 0 Å². The average molecular weight is 341 g/mol. The molecule has 0 saturated heterocycles. The van der Waals surface area contributed by atoms with Gasteiger partial charge in [0.05, 0.1) is 6.61 Å². The summed E-state index contributed by atoms with van der Waals surface area (Å²) in [5.74, 6) is -0.906. The number of nitrogen functional groups attached to an aromatic ring is 1. The lowest BCUT2D eigenvalue weighted by Gasteiger charge is -2.15. The number of hydrogen-bond acceptors (Lipinski definition) is 4. The first-order valence-electron chi connectivity index (χ1n) is 5.19. The zero-order valence-electron chi connectivity index (χ0n) is 9.65. The van der Waals surface area contributed by atoms with E-state index in [0.717, 1.165) is 12.1 Å². The van der Waals surface area contributed by atoms with Crippen LogP contribution in [0.25, 0.3) is 0 Å². The van der Waals surface area contributed by atoms with Crippen molar-refractivity contribution in [3.8, 4) is 0 Å². The third-order valence-corrected chi connectivity index (χ3v) is 4.60. The molecule has 0 spiro atoms. The van der Waals surface area contributed by atoms with Crippen LogP contribution < -0.4 is 10.5 Å². The molecule has 1 aromatic carbocycles. The Balaban J connectivity index is 3.16. The van der Waals surface area contributed by atoms with Crippen LogP contribution in [-0.4, -0.2) is 26.2 Å².